The van der Waals surface area contributed by atoms with Crippen LogP contribution in [0.5, 0.6) is 5.75 Å². The Morgan fingerprint density at radius 1 is 1.28 bits per heavy atom. The lowest BCUT2D eigenvalue weighted by Crippen LogP contribution is -2.18. The minimum Gasteiger partial charge on any atom is -0.494 e. The Kier molecular flexibility index (Phi) is 5.22. The van der Waals surface area contributed by atoms with Crippen LogP contribution in [0.4, 0.5) is 5.82 Å². The number of aromatic amines is 1. The summed E-state index contributed by atoms with van der Waals surface area (Å²) >= 11 is 1.47. The maximum absolute atomic E-state index is 12.7. The van der Waals surface area contributed by atoms with Gasteiger partial charge in [0, 0.05) is 6.04 Å². The van der Waals surface area contributed by atoms with Gasteiger partial charge in [0.05, 0.1) is 23.2 Å². The van der Waals surface area contributed by atoms with E-state index < -0.39 is 0 Å². The van der Waals surface area contributed by atoms with Gasteiger partial charge in [0.15, 0.2) is 0 Å². The van der Waals surface area contributed by atoms with E-state index in [0.29, 0.717) is 23.7 Å². The Bertz CT molecular complexity index is 810. The predicted octanol–water partition coefficient (Wildman–Crippen LogP) is 3.32. The van der Waals surface area contributed by atoms with E-state index in [-0.39, 0.29) is 22.8 Å². The smallest absolute Gasteiger partial charge is 0.270 e. The fraction of sp³-hybridized carbons (Fsp3) is 0.444. The van der Waals surface area contributed by atoms with Crippen molar-refractivity contribution in [2.24, 2.45) is 0 Å². The van der Waals surface area contributed by atoms with Gasteiger partial charge in [-0.3, -0.25) is 19.4 Å². The number of hydrogen-bond donors (Lipinski definition) is 2. The first-order chi connectivity index (χ1) is 12.0. The van der Waals surface area contributed by atoms with E-state index in [0.717, 1.165) is 17.7 Å². The van der Waals surface area contributed by atoms with E-state index in [2.05, 4.69) is 10.4 Å². The van der Waals surface area contributed by atoms with Crippen LogP contribution >= 0.6 is 11.8 Å². The van der Waals surface area contributed by atoms with Crippen LogP contribution < -0.4 is 15.6 Å². The number of nitrogens with zero attached hydrogens (tertiary/aromatic N) is 1. The van der Waals surface area contributed by atoms with E-state index in [1.54, 1.807) is 4.68 Å². The first-order valence-electron chi connectivity index (χ1n) is 8.53. The molecule has 0 fully saturated rings. The van der Waals surface area contributed by atoms with Crippen LogP contribution in [-0.4, -0.2) is 28.0 Å². The number of anilines is 1. The van der Waals surface area contributed by atoms with Crippen molar-refractivity contribution in [3.8, 4) is 5.75 Å². The summed E-state index contributed by atoms with van der Waals surface area (Å²) < 4.78 is 7.27. The second kappa shape index (κ2) is 7.39. The van der Waals surface area contributed by atoms with E-state index >= 15 is 0 Å². The van der Waals surface area contributed by atoms with Gasteiger partial charge in [-0.05, 0) is 38.0 Å². The fourth-order valence-corrected chi connectivity index (χ4v) is 4.05. The largest absolute Gasteiger partial charge is 0.494 e. The van der Waals surface area contributed by atoms with Crippen molar-refractivity contribution in [2.75, 3.05) is 17.7 Å². The average molecular weight is 361 g/mol. The molecule has 1 aliphatic heterocycles. The highest BCUT2D eigenvalue weighted by atomic mass is 32.2. The van der Waals surface area contributed by atoms with Crippen LogP contribution in [-0.2, 0) is 4.79 Å². The Morgan fingerprint density at radius 2 is 2.00 bits per heavy atom. The zero-order valence-corrected chi connectivity index (χ0v) is 15.5. The van der Waals surface area contributed by atoms with E-state index in [9.17, 15) is 9.59 Å². The molecule has 0 spiro atoms. The Balaban J connectivity index is 2.06. The number of thioether (sulfide) groups is 1. The SMILES string of the molecule is CCOc1ccc([C@H]2SCC(=O)Nc3c2c(=O)[nH]n3[C@@H](C)CC)cc1. The topological polar surface area (TPSA) is 76.1 Å². The first kappa shape index (κ1) is 17.7. The molecule has 25 heavy (non-hydrogen) atoms. The molecule has 0 bridgehead atoms. The number of ether oxygens (including phenoxy) is 1. The molecule has 1 aromatic carbocycles. The van der Waals surface area contributed by atoms with Gasteiger partial charge in [-0.25, -0.2) is 0 Å². The van der Waals surface area contributed by atoms with Crippen molar-refractivity contribution < 1.29 is 9.53 Å². The number of carbonyl (C=O) groups excluding carboxylic acids is 1. The molecule has 0 aliphatic carbocycles. The number of carbonyl (C=O) groups is 1. The van der Waals surface area contributed by atoms with Crippen molar-refractivity contribution in [3.05, 3.63) is 45.7 Å². The molecule has 0 saturated carbocycles. The highest BCUT2D eigenvalue weighted by molar-refractivity contribution is 8.00. The number of H-pyrrole nitrogens is 1. The Hall–Kier alpha value is -2.15. The molecule has 1 amide bonds. The third-order valence-corrected chi connectivity index (χ3v) is 5.66. The molecule has 2 heterocycles. The summed E-state index contributed by atoms with van der Waals surface area (Å²) in [5.41, 5.74) is 1.45. The molecule has 6 nitrogen and oxygen atoms in total. The van der Waals surface area contributed by atoms with E-state index in [1.165, 1.54) is 11.8 Å². The van der Waals surface area contributed by atoms with Crippen molar-refractivity contribution in [3.63, 3.8) is 0 Å². The summed E-state index contributed by atoms with van der Waals surface area (Å²) in [7, 11) is 0. The fourth-order valence-electron chi connectivity index (χ4n) is 2.93. The number of fused-ring (bicyclic) bond motifs is 1. The van der Waals surface area contributed by atoms with Gasteiger partial charge in [-0.2, -0.15) is 0 Å². The second-order valence-corrected chi connectivity index (χ2v) is 7.17. The van der Waals surface area contributed by atoms with Crippen LogP contribution in [0.3, 0.4) is 0 Å². The molecule has 0 saturated heterocycles. The van der Waals surface area contributed by atoms with Gasteiger partial charge in [-0.15, -0.1) is 11.8 Å². The van der Waals surface area contributed by atoms with Crippen molar-refractivity contribution in [2.45, 2.75) is 38.5 Å². The zero-order valence-electron chi connectivity index (χ0n) is 14.7. The van der Waals surface area contributed by atoms with Crippen LogP contribution in [0.1, 0.15) is 49.6 Å². The number of aromatic nitrogens is 2. The van der Waals surface area contributed by atoms with Crippen LogP contribution in [0.2, 0.25) is 0 Å². The summed E-state index contributed by atoms with van der Waals surface area (Å²) in [6, 6.07) is 7.82. The van der Waals surface area contributed by atoms with Gasteiger partial charge in [-0.1, -0.05) is 19.1 Å². The maximum Gasteiger partial charge on any atom is 0.270 e. The van der Waals surface area contributed by atoms with Gasteiger partial charge in [0.2, 0.25) is 5.91 Å². The first-order valence-corrected chi connectivity index (χ1v) is 9.58. The standard InChI is InChI=1S/C18H23N3O3S/c1-4-11(3)21-17-15(18(23)20-21)16(25-10-14(22)19-17)12-6-8-13(9-7-12)24-5-2/h6-9,11,16H,4-5,10H2,1-3H3,(H,19,22)(H,20,23)/t11-,16+/m0/s1. The Labute approximate surface area is 150 Å². The molecule has 1 aromatic heterocycles. The quantitative estimate of drug-likeness (QED) is 0.856. The molecule has 7 heteroatoms. The summed E-state index contributed by atoms with van der Waals surface area (Å²) in [5.74, 6) is 1.61. The lowest BCUT2D eigenvalue weighted by molar-refractivity contribution is -0.113. The molecular weight excluding hydrogens is 338 g/mol. The third kappa shape index (κ3) is 3.46. The number of benzene rings is 1. The van der Waals surface area contributed by atoms with Crippen LogP contribution in [0.15, 0.2) is 29.1 Å². The summed E-state index contributed by atoms with van der Waals surface area (Å²) in [5, 5.41) is 5.60. The Morgan fingerprint density at radius 3 is 2.64 bits per heavy atom. The molecule has 2 aromatic rings. The minimum absolute atomic E-state index is 0.0873. The molecule has 0 radical (unpaired) electrons. The van der Waals surface area contributed by atoms with Crippen molar-refractivity contribution in [1.82, 2.24) is 9.78 Å². The van der Waals surface area contributed by atoms with Crippen LogP contribution in [0.25, 0.3) is 0 Å². The molecular formula is C18H23N3O3S. The highest BCUT2D eigenvalue weighted by Gasteiger charge is 2.31. The number of nitrogens with one attached hydrogen (secondary N) is 2. The molecule has 134 valence electrons. The van der Waals surface area contributed by atoms with Crippen molar-refractivity contribution in [1.29, 1.82) is 0 Å². The summed E-state index contributed by atoms with van der Waals surface area (Å²) in [6.07, 6.45) is 0.855. The zero-order chi connectivity index (χ0) is 18.0. The molecule has 1 aliphatic rings. The lowest BCUT2D eigenvalue weighted by Gasteiger charge is -2.16. The minimum atomic E-state index is -0.196. The predicted molar refractivity (Wildman–Crippen MR) is 101 cm³/mol. The van der Waals surface area contributed by atoms with Gasteiger partial charge < -0.3 is 10.1 Å². The average Bonchev–Trinajstić information content (AvgIpc) is 2.82. The third-order valence-electron chi connectivity index (χ3n) is 4.39. The van der Waals surface area contributed by atoms with Crippen molar-refractivity contribution >= 4 is 23.5 Å². The molecule has 3 rings (SSSR count). The number of amides is 1. The normalized spacial score (nSPS) is 18.2. The van der Waals surface area contributed by atoms with E-state index in [1.807, 2.05) is 45.0 Å². The molecule has 2 N–H and O–H groups in total. The number of rotatable bonds is 5. The van der Waals surface area contributed by atoms with Gasteiger partial charge in [0.25, 0.3) is 5.56 Å². The molecule has 2 atom stereocenters. The second-order valence-electron chi connectivity index (χ2n) is 6.07. The lowest BCUT2D eigenvalue weighted by atomic mass is 10.1. The van der Waals surface area contributed by atoms with Crippen LogP contribution in [0, 0.1) is 0 Å². The number of hydrogen-bond acceptors (Lipinski definition) is 4. The monoisotopic (exact) mass is 361 g/mol. The van der Waals surface area contributed by atoms with Gasteiger partial charge >= 0.3 is 0 Å². The highest BCUT2D eigenvalue weighted by Crippen LogP contribution is 2.40. The summed E-state index contributed by atoms with van der Waals surface area (Å²) in [4.78, 5) is 24.8. The van der Waals surface area contributed by atoms with E-state index in [4.69, 9.17) is 4.74 Å². The maximum atomic E-state index is 12.7. The molecule has 0 unspecified atom stereocenters. The summed E-state index contributed by atoms with van der Waals surface area (Å²) in [6.45, 7) is 6.62. The van der Waals surface area contributed by atoms with Gasteiger partial charge in [0.1, 0.15) is 11.6 Å².